The van der Waals surface area contributed by atoms with Crippen molar-refractivity contribution in [3.8, 4) is 17.2 Å². The summed E-state index contributed by atoms with van der Waals surface area (Å²) >= 11 is 0. The molecular weight excluding hydrogens is 418 g/mol. The van der Waals surface area contributed by atoms with Gasteiger partial charge < -0.3 is 19.3 Å². The molecule has 2 heterocycles. The van der Waals surface area contributed by atoms with Gasteiger partial charge in [-0.2, -0.15) is 0 Å². The molecule has 0 saturated carbocycles. The molecule has 0 radical (unpaired) electrons. The Morgan fingerprint density at radius 1 is 0.970 bits per heavy atom. The van der Waals surface area contributed by atoms with Crippen LogP contribution >= 0.6 is 0 Å². The van der Waals surface area contributed by atoms with E-state index in [0.29, 0.717) is 18.8 Å². The summed E-state index contributed by atoms with van der Waals surface area (Å²) in [5, 5.41) is 9.92. The third kappa shape index (κ3) is 4.66. The van der Waals surface area contributed by atoms with E-state index in [4.69, 9.17) is 14.2 Å². The van der Waals surface area contributed by atoms with Crippen LogP contribution in [-0.2, 0) is 11.4 Å². The lowest BCUT2D eigenvalue weighted by molar-refractivity contribution is -0.145. The third-order valence-corrected chi connectivity index (χ3v) is 6.32. The van der Waals surface area contributed by atoms with E-state index in [1.54, 1.807) is 0 Å². The van der Waals surface area contributed by atoms with Crippen LogP contribution in [0.15, 0.2) is 72.8 Å². The van der Waals surface area contributed by atoms with Gasteiger partial charge in [0.05, 0.1) is 6.04 Å². The molecule has 6 nitrogen and oxygen atoms in total. The Kier molecular flexibility index (Phi) is 6.17. The van der Waals surface area contributed by atoms with Crippen molar-refractivity contribution in [2.45, 2.75) is 38.0 Å². The maximum absolute atomic E-state index is 12.1. The second kappa shape index (κ2) is 9.55. The highest BCUT2D eigenvalue weighted by molar-refractivity contribution is 5.73. The number of piperidine rings is 1. The Balaban J connectivity index is 1.44. The molecule has 2 aliphatic rings. The highest BCUT2D eigenvalue weighted by Gasteiger charge is 2.35. The molecule has 2 atom stereocenters. The van der Waals surface area contributed by atoms with Crippen LogP contribution in [0.4, 0.5) is 0 Å². The van der Waals surface area contributed by atoms with Gasteiger partial charge in [-0.15, -0.1) is 0 Å². The molecule has 3 aromatic carbocycles. The van der Waals surface area contributed by atoms with Gasteiger partial charge in [0.1, 0.15) is 18.4 Å². The molecule has 1 fully saturated rings. The minimum absolute atomic E-state index is 0.205. The van der Waals surface area contributed by atoms with Crippen molar-refractivity contribution in [3.63, 3.8) is 0 Å². The van der Waals surface area contributed by atoms with Gasteiger partial charge in [-0.1, -0.05) is 55.0 Å². The Morgan fingerprint density at radius 2 is 1.73 bits per heavy atom. The van der Waals surface area contributed by atoms with Crippen LogP contribution in [-0.4, -0.2) is 35.4 Å². The quantitative estimate of drug-likeness (QED) is 0.551. The summed E-state index contributed by atoms with van der Waals surface area (Å²) in [5.41, 5.74) is 3.12. The number of carbonyl (C=O) groups is 1. The number of rotatable bonds is 7. The van der Waals surface area contributed by atoms with Crippen LogP contribution < -0.4 is 14.2 Å². The zero-order valence-corrected chi connectivity index (χ0v) is 18.4. The van der Waals surface area contributed by atoms with E-state index in [9.17, 15) is 9.90 Å². The lowest BCUT2D eigenvalue weighted by Gasteiger charge is -2.39. The standard InChI is InChI=1S/C27H27NO5/c29-27(30)23-8-4-5-15-28(23)26(21-11-14-24-25(16-21)33-18-32-24)20-9-12-22(13-10-20)31-17-19-6-2-1-3-7-19/h1-3,6-7,9-14,16,23,26H,4-5,8,15,17-18H2,(H,29,30). The van der Waals surface area contributed by atoms with E-state index in [2.05, 4.69) is 4.90 Å². The fourth-order valence-corrected chi connectivity index (χ4v) is 4.67. The summed E-state index contributed by atoms with van der Waals surface area (Å²) in [6.45, 7) is 1.43. The lowest BCUT2D eigenvalue weighted by atomic mass is 9.91. The molecule has 1 N–H and O–H groups in total. The van der Waals surface area contributed by atoms with E-state index in [1.165, 1.54) is 0 Å². The number of fused-ring (bicyclic) bond motifs is 1. The lowest BCUT2D eigenvalue weighted by Crippen LogP contribution is -2.46. The Bertz CT molecular complexity index is 1100. The Labute approximate surface area is 193 Å². The number of hydrogen-bond donors (Lipinski definition) is 1. The normalized spacial score (nSPS) is 18.6. The largest absolute Gasteiger partial charge is 0.489 e. The predicted octanol–water partition coefficient (Wildman–Crippen LogP) is 5.02. The van der Waals surface area contributed by atoms with Crippen molar-refractivity contribution in [1.82, 2.24) is 4.90 Å². The van der Waals surface area contributed by atoms with Gasteiger partial charge in [-0.25, -0.2) is 0 Å². The maximum Gasteiger partial charge on any atom is 0.320 e. The van der Waals surface area contributed by atoms with E-state index >= 15 is 0 Å². The molecule has 0 spiro atoms. The number of likely N-dealkylation sites (tertiary alicyclic amines) is 1. The molecule has 1 saturated heterocycles. The first-order valence-electron chi connectivity index (χ1n) is 11.3. The number of hydrogen-bond acceptors (Lipinski definition) is 5. The first-order chi connectivity index (χ1) is 16.2. The molecule has 3 aromatic rings. The van der Waals surface area contributed by atoms with Crippen molar-refractivity contribution in [3.05, 3.63) is 89.5 Å². The van der Waals surface area contributed by atoms with Crippen LogP contribution in [0, 0.1) is 0 Å². The topological polar surface area (TPSA) is 68.2 Å². The minimum atomic E-state index is -0.775. The number of nitrogens with zero attached hydrogens (tertiary/aromatic N) is 1. The van der Waals surface area contributed by atoms with Crippen molar-refractivity contribution in [1.29, 1.82) is 0 Å². The third-order valence-electron chi connectivity index (χ3n) is 6.32. The molecule has 170 valence electrons. The van der Waals surface area contributed by atoms with Crippen LogP contribution in [0.25, 0.3) is 0 Å². The summed E-state index contributed by atoms with van der Waals surface area (Å²) in [7, 11) is 0. The summed E-state index contributed by atoms with van der Waals surface area (Å²) in [4.78, 5) is 14.2. The molecule has 6 heteroatoms. The first-order valence-corrected chi connectivity index (χ1v) is 11.3. The molecule has 0 bridgehead atoms. The summed E-state index contributed by atoms with van der Waals surface area (Å²) in [6, 6.07) is 23.2. The average Bonchev–Trinajstić information content (AvgIpc) is 3.33. The van der Waals surface area contributed by atoms with Crippen LogP contribution in [0.2, 0.25) is 0 Å². The molecule has 0 aromatic heterocycles. The molecule has 2 unspecified atom stereocenters. The second-order valence-corrected chi connectivity index (χ2v) is 8.45. The Morgan fingerprint density at radius 3 is 2.52 bits per heavy atom. The van der Waals surface area contributed by atoms with Gasteiger partial charge in [-0.05, 0) is 60.3 Å². The highest BCUT2D eigenvalue weighted by Crippen LogP contribution is 2.40. The average molecular weight is 446 g/mol. The summed E-state index contributed by atoms with van der Waals surface area (Å²) in [5.74, 6) is 1.42. The first kappa shape index (κ1) is 21.3. The molecule has 33 heavy (non-hydrogen) atoms. The number of ether oxygens (including phenoxy) is 3. The highest BCUT2D eigenvalue weighted by atomic mass is 16.7. The predicted molar refractivity (Wildman–Crippen MR) is 124 cm³/mol. The molecule has 2 aliphatic heterocycles. The molecule has 5 rings (SSSR count). The van der Waals surface area contributed by atoms with Gasteiger partial charge >= 0.3 is 5.97 Å². The van der Waals surface area contributed by atoms with Crippen molar-refractivity contribution in [2.24, 2.45) is 0 Å². The summed E-state index contributed by atoms with van der Waals surface area (Å²) in [6.07, 6.45) is 2.55. The van der Waals surface area contributed by atoms with E-state index in [0.717, 1.165) is 47.6 Å². The monoisotopic (exact) mass is 445 g/mol. The molecule has 0 aliphatic carbocycles. The number of aliphatic carboxylic acids is 1. The second-order valence-electron chi connectivity index (χ2n) is 8.45. The van der Waals surface area contributed by atoms with Gasteiger partial charge in [0.2, 0.25) is 6.79 Å². The fourth-order valence-electron chi connectivity index (χ4n) is 4.67. The minimum Gasteiger partial charge on any atom is -0.489 e. The van der Waals surface area contributed by atoms with Crippen molar-refractivity contribution >= 4 is 5.97 Å². The Hall–Kier alpha value is -3.51. The summed E-state index contributed by atoms with van der Waals surface area (Å²) < 4.78 is 17.0. The smallest absolute Gasteiger partial charge is 0.320 e. The van der Waals surface area contributed by atoms with Crippen LogP contribution in [0.3, 0.4) is 0 Å². The van der Waals surface area contributed by atoms with E-state index in [-0.39, 0.29) is 12.8 Å². The van der Waals surface area contributed by atoms with Crippen molar-refractivity contribution in [2.75, 3.05) is 13.3 Å². The van der Waals surface area contributed by atoms with Gasteiger partial charge in [0, 0.05) is 0 Å². The van der Waals surface area contributed by atoms with Gasteiger partial charge in [-0.3, -0.25) is 9.69 Å². The number of benzene rings is 3. The SMILES string of the molecule is O=C(O)C1CCCCN1C(c1ccc(OCc2ccccc2)cc1)c1ccc2c(c1)OCO2. The van der Waals surface area contributed by atoms with E-state index < -0.39 is 12.0 Å². The number of carboxylic acid groups (broad SMARTS) is 1. The zero-order chi connectivity index (χ0) is 22.6. The zero-order valence-electron chi connectivity index (χ0n) is 18.4. The van der Waals surface area contributed by atoms with Gasteiger partial charge in [0.25, 0.3) is 0 Å². The van der Waals surface area contributed by atoms with E-state index in [1.807, 2.05) is 72.8 Å². The number of carboxylic acids is 1. The molecular formula is C27H27NO5. The molecule has 0 amide bonds. The van der Waals surface area contributed by atoms with Gasteiger partial charge in [0.15, 0.2) is 11.5 Å². The fraction of sp³-hybridized carbons (Fsp3) is 0.296. The maximum atomic E-state index is 12.1. The van der Waals surface area contributed by atoms with Crippen LogP contribution in [0.1, 0.15) is 42.0 Å². The van der Waals surface area contributed by atoms with Crippen molar-refractivity contribution < 1.29 is 24.1 Å². The van der Waals surface area contributed by atoms with Crippen LogP contribution in [0.5, 0.6) is 17.2 Å².